The first-order chi connectivity index (χ1) is 22.6. The number of nitrogens with one attached hydrogen (secondary N) is 4. The number of amides is 5. The summed E-state index contributed by atoms with van der Waals surface area (Å²) in [6.45, 7) is 16.4. The van der Waals surface area contributed by atoms with Gasteiger partial charge in [0, 0.05) is 12.6 Å². The molecule has 12 nitrogen and oxygen atoms in total. The first-order valence-corrected chi connectivity index (χ1v) is 19.7. The summed E-state index contributed by atoms with van der Waals surface area (Å²) in [6.07, 6.45) is 8.36. The van der Waals surface area contributed by atoms with E-state index >= 15 is 0 Å². The number of urea groups is 1. The van der Waals surface area contributed by atoms with E-state index in [9.17, 15) is 32.4 Å². The van der Waals surface area contributed by atoms with Gasteiger partial charge in [-0.1, -0.05) is 65.0 Å². The van der Waals surface area contributed by atoms with Gasteiger partial charge in [0.1, 0.15) is 12.1 Å². The third-order valence-electron chi connectivity index (χ3n) is 9.81. The van der Waals surface area contributed by atoms with E-state index in [-0.39, 0.29) is 30.7 Å². The van der Waals surface area contributed by atoms with E-state index in [4.69, 9.17) is 0 Å². The number of rotatable bonds is 13. The number of hydrogen-bond donors (Lipinski definition) is 4. The summed E-state index contributed by atoms with van der Waals surface area (Å²) < 4.78 is 25.6. The molecule has 13 heteroatoms. The lowest BCUT2D eigenvalue weighted by Crippen LogP contribution is -2.63. The van der Waals surface area contributed by atoms with Gasteiger partial charge in [-0.3, -0.25) is 19.2 Å². The zero-order valence-electron chi connectivity index (χ0n) is 31.2. The lowest BCUT2D eigenvalue weighted by Gasteiger charge is -2.41. The lowest BCUT2D eigenvalue weighted by molar-refractivity contribution is -0.143. The molecule has 1 heterocycles. The van der Waals surface area contributed by atoms with Gasteiger partial charge in [-0.2, -0.15) is 0 Å². The molecule has 5 amide bonds. The maximum atomic E-state index is 14.4. The summed E-state index contributed by atoms with van der Waals surface area (Å²) in [7, 11) is -3.57. The van der Waals surface area contributed by atoms with E-state index in [0.29, 0.717) is 25.7 Å². The van der Waals surface area contributed by atoms with Crippen LogP contribution in [0.15, 0.2) is 11.6 Å². The number of sulfone groups is 1. The summed E-state index contributed by atoms with van der Waals surface area (Å²) >= 11 is 0. The molecule has 49 heavy (non-hydrogen) atoms. The van der Waals surface area contributed by atoms with Crippen molar-refractivity contribution < 1.29 is 32.4 Å². The van der Waals surface area contributed by atoms with Gasteiger partial charge in [-0.15, -0.1) is 0 Å². The number of ketones is 1. The van der Waals surface area contributed by atoms with Gasteiger partial charge in [0.25, 0.3) is 5.91 Å². The molecule has 0 bridgehead atoms. The summed E-state index contributed by atoms with van der Waals surface area (Å²) in [5, 5.41) is 11.4. The zero-order valence-corrected chi connectivity index (χ0v) is 32.0. The third kappa shape index (κ3) is 11.0. The minimum Gasteiger partial charge on any atom is -0.347 e. The van der Waals surface area contributed by atoms with Crippen molar-refractivity contribution in [2.24, 2.45) is 11.3 Å². The first kappa shape index (κ1) is 40.5. The summed E-state index contributed by atoms with van der Waals surface area (Å²) in [6, 6.07) is -3.63. The second kappa shape index (κ2) is 15.9. The van der Waals surface area contributed by atoms with Gasteiger partial charge in [0.2, 0.25) is 17.6 Å². The van der Waals surface area contributed by atoms with Crippen LogP contribution in [-0.2, 0) is 29.0 Å². The van der Waals surface area contributed by atoms with Crippen molar-refractivity contribution in [3.63, 3.8) is 0 Å². The van der Waals surface area contributed by atoms with Crippen LogP contribution in [0, 0.1) is 11.3 Å². The average Bonchev–Trinajstić information content (AvgIpc) is 3.69. The van der Waals surface area contributed by atoms with Gasteiger partial charge >= 0.3 is 6.03 Å². The number of hydrogen-bond acceptors (Lipinski definition) is 7. The molecule has 2 saturated carbocycles. The maximum Gasteiger partial charge on any atom is 0.315 e. The molecule has 0 spiro atoms. The fourth-order valence-electron chi connectivity index (χ4n) is 6.76. The third-order valence-corrected chi connectivity index (χ3v) is 12.6. The van der Waals surface area contributed by atoms with Crippen molar-refractivity contribution in [3.8, 4) is 0 Å². The van der Waals surface area contributed by atoms with Crippen LogP contribution in [0.3, 0.4) is 0 Å². The molecule has 0 aromatic carbocycles. The highest BCUT2D eigenvalue weighted by molar-refractivity contribution is 7.92. The highest BCUT2D eigenvalue weighted by Crippen LogP contribution is 2.34. The summed E-state index contributed by atoms with van der Waals surface area (Å²) in [5.74, 6) is -2.70. The molecular formula is C36H61N5O7S. The van der Waals surface area contributed by atoms with Crippen molar-refractivity contribution in [1.29, 1.82) is 0 Å². The minimum absolute atomic E-state index is 0.00267. The Labute approximate surface area is 293 Å². The minimum atomic E-state index is -3.57. The van der Waals surface area contributed by atoms with E-state index in [1.165, 1.54) is 4.90 Å². The monoisotopic (exact) mass is 707 g/mol. The molecular weight excluding hydrogens is 646 g/mol. The second-order valence-corrected chi connectivity index (χ2v) is 19.6. The van der Waals surface area contributed by atoms with Gasteiger partial charge in [0.05, 0.1) is 22.1 Å². The number of Topliss-reactive ketones (excluding diaryl/α,β-unsaturated/α-hetero) is 1. The second-order valence-electron chi connectivity index (χ2n) is 16.8. The van der Waals surface area contributed by atoms with Crippen LogP contribution in [-0.4, -0.2) is 89.6 Å². The van der Waals surface area contributed by atoms with Crippen LogP contribution in [0.1, 0.15) is 127 Å². The van der Waals surface area contributed by atoms with Crippen LogP contribution in [0.4, 0.5) is 4.79 Å². The van der Waals surface area contributed by atoms with Crippen LogP contribution in [0.25, 0.3) is 0 Å². The Balaban J connectivity index is 1.86. The smallest absolute Gasteiger partial charge is 0.315 e. The largest absolute Gasteiger partial charge is 0.347 e. The molecule has 0 aromatic heterocycles. The van der Waals surface area contributed by atoms with E-state index in [2.05, 4.69) is 21.3 Å². The van der Waals surface area contributed by atoms with Crippen molar-refractivity contribution >= 4 is 39.4 Å². The maximum absolute atomic E-state index is 14.4. The molecule has 4 atom stereocenters. The molecule has 3 aliphatic rings. The van der Waals surface area contributed by atoms with Crippen molar-refractivity contribution in [2.45, 2.75) is 161 Å². The number of carbonyl (C=O) groups excluding carboxylic acids is 5. The Bertz CT molecular complexity index is 1380. The highest BCUT2D eigenvalue weighted by Gasteiger charge is 2.47. The predicted octanol–water partition coefficient (Wildman–Crippen LogP) is 3.93. The van der Waals surface area contributed by atoms with Crippen molar-refractivity contribution in [1.82, 2.24) is 26.2 Å². The van der Waals surface area contributed by atoms with Crippen molar-refractivity contribution in [2.75, 3.05) is 12.3 Å². The van der Waals surface area contributed by atoms with Crippen LogP contribution >= 0.6 is 0 Å². The molecule has 278 valence electrons. The molecule has 3 fully saturated rings. The molecule has 2 aliphatic carbocycles. The van der Waals surface area contributed by atoms with Gasteiger partial charge in [-0.25, -0.2) is 13.2 Å². The molecule has 1 saturated heterocycles. The van der Waals surface area contributed by atoms with E-state index < -0.39 is 73.2 Å². The fourth-order valence-corrected chi connectivity index (χ4v) is 8.28. The molecule has 1 aliphatic heterocycles. The standard InChI is InChI=1S/C36H61N5O7S/c1-10-14-26(28(42)31(44)37-25-15-16-25)38-30(43)27-20-24(19-23(2)3)21-41(27)32(45)29(34(4,5)6)39-33(46)40-36(17-12-11-13-18-36)22-49(47,48)35(7,8)9/h19,24-27,29H,10-18,20-22H2,1-9H3,(H,37,44)(H,38,43)(H2,39,40,46)/t24-,26+,27+,29-/m1/s1. The van der Waals surface area contributed by atoms with Crippen molar-refractivity contribution in [3.05, 3.63) is 11.6 Å². The Morgan fingerprint density at radius 3 is 2.06 bits per heavy atom. The van der Waals surface area contributed by atoms with E-state index in [0.717, 1.165) is 37.7 Å². The summed E-state index contributed by atoms with van der Waals surface area (Å²) in [5.41, 5.74) is -0.706. The molecule has 3 rings (SSSR count). The Morgan fingerprint density at radius 1 is 0.939 bits per heavy atom. The number of nitrogens with zero attached hydrogens (tertiary/aromatic N) is 1. The van der Waals surface area contributed by atoms with E-state index in [1.807, 2.05) is 47.6 Å². The predicted molar refractivity (Wildman–Crippen MR) is 190 cm³/mol. The van der Waals surface area contributed by atoms with Crippen LogP contribution in [0.5, 0.6) is 0 Å². The van der Waals surface area contributed by atoms with Crippen LogP contribution < -0.4 is 21.3 Å². The van der Waals surface area contributed by atoms with E-state index in [1.54, 1.807) is 20.8 Å². The number of likely N-dealkylation sites (tertiary alicyclic amines) is 1. The summed E-state index contributed by atoms with van der Waals surface area (Å²) in [4.78, 5) is 69.2. The molecule has 0 aromatic rings. The molecule has 4 N–H and O–H groups in total. The highest BCUT2D eigenvalue weighted by atomic mass is 32.2. The number of allylic oxidation sites excluding steroid dienone is 1. The fraction of sp³-hybridized carbons (Fsp3) is 0.806. The molecule has 0 unspecified atom stereocenters. The SMILES string of the molecule is CCC[C@H](NC(=O)[C@@H]1C[C@@H](C=C(C)C)CN1C(=O)[C@@H](NC(=O)NC1(CS(=O)(=O)C(C)(C)C)CCCCC1)C(C)(C)C)C(=O)C(=O)NC1CC1. The normalized spacial score (nSPS) is 22.3. The van der Waals surface area contributed by atoms with Gasteiger partial charge < -0.3 is 26.2 Å². The average molecular weight is 708 g/mol. The Hall–Kier alpha value is -2.96. The van der Waals surface area contributed by atoms with Gasteiger partial charge in [-0.05, 0) is 84.5 Å². The molecule has 0 radical (unpaired) electrons. The Morgan fingerprint density at radius 2 is 1.55 bits per heavy atom. The van der Waals surface area contributed by atoms with Crippen LogP contribution in [0.2, 0.25) is 0 Å². The first-order valence-electron chi connectivity index (χ1n) is 18.0. The Kier molecular flexibility index (Phi) is 13.2. The lowest BCUT2D eigenvalue weighted by atomic mass is 9.83. The zero-order chi connectivity index (χ0) is 36.9. The quantitative estimate of drug-likeness (QED) is 0.166. The van der Waals surface area contributed by atoms with Gasteiger partial charge in [0.15, 0.2) is 9.84 Å². The topological polar surface area (TPSA) is 171 Å². The number of carbonyl (C=O) groups is 5.